The summed E-state index contributed by atoms with van der Waals surface area (Å²) < 4.78 is 2.39. The fourth-order valence-corrected chi connectivity index (χ4v) is 8.46. The van der Waals surface area contributed by atoms with Crippen molar-refractivity contribution >= 4 is 38.9 Å². The molecular formula is C51H38N2. The quantitative estimate of drug-likeness (QED) is 0.170. The monoisotopic (exact) mass is 678 g/mol. The van der Waals surface area contributed by atoms with E-state index >= 15 is 0 Å². The third-order valence-electron chi connectivity index (χ3n) is 11.1. The Labute approximate surface area is 310 Å². The van der Waals surface area contributed by atoms with Crippen LogP contribution in [0.25, 0.3) is 60.9 Å². The van der Waals surface area contributed by atoms with E-state index in [0.29, 0.717) is 5.92 Å². The number of nitrogens with zero attached hydrogens (tertiary/aromatic N) is 2. The molecule has 1 atom stereocenters. The van der Waals surface area contributed by atoms with Gasteiger partial charge in [-0.1, -0.05) is 128 Å². The van der Waals surface area contributed by atoms with Gasteiger partial charge in [0.1, 0.15) is 0 Å². The van der Waals surface area contributed by atoms with Gasteiger partial charge in [-0.05, 0) is 124 Å². The molecule has 2 nitrogen and oxygen atoms in total. The van der Waals surface area contributed by atoms with Gasteiger partial charge in [0.05, 0.1) is 11.0 Å². The molecule has 2 heteroatoms. The number of anilines is 3. The summed E-state index contributed by atoms with van der Waals surface area (Å²) in [6.07, 6.45) is 0. The molecule has 0 aliphatic heterocycles. The first-order valence-corrected chi connectivity index (χ1v) is 18.5. The van der Waals surface area contributed by atoms with E-state index in [9.17, 15) is 0 Å². The third-order valence-corrected chi connectivity index (χ3v) is 11.1. The second-order valence-corrected chi connectivity index (χ2v) is 14.3. The number of rotatable bonds is 6. The molecule has 252 valence electrons. The molecule has 1 heterocycles. The number of fused-ring (bicyclic) bond motifs is 6. The SMILES string of the molecule is Cc1cccc(-n2c3ccccc3c3cc(-c4ccc(N(c5ccc(-c6ccccc6)cc5)c5ccc6c(c5)C(C)c5ccccc5-6)cc4)ccc32)c1. The Morgan fingerprint density at radius 2 is 1.02 bits per heavy atom. The van der Waals surface area contributed by atoms with Crippen LogP contribution in [-0.4, -0.2) is 4.57 Å². The van der Waals surface area contributed by atoms with Crippen molar-refractivity contribution < 1.29 is 0 Å². The summed E-state index contributed by atoms with van der Waals surface area (Å²) in [5.74, 6) is 0.345. The summed E-state index contributed by atoms with van der Waals surface area (Å²) in [7, 11) is 0. The molecular weight excluding hydrogens is 641 g/mol. The minimum atomic E-state index is 0.345. The molecule has 9 aromatic rings. The summed E-state index contributed by atoms with van der Waals surface area (Å²) in [4.78, 5) is 2.40. The van der Waals surface area contributed by atoms with Crippen LogP contribution < -0.4 is 4.90 Å². The minimum absolute atomic E-state index is 0.345. The molecule has 0 radical (unpaired) electrons. The van der Waals surface area contributed by atoms with Crippen LogP contribution in [0.3, 0.4) is 0 Å². The molecule has 10 rings (SSSR count). The van der Waals surface area contributed by atoms with Gasteiger partial charge in [0, 0.05) is 39.4 Å². The topological polar surface area (TPSA) is 8.17 Å². The highest BCUT2D eigenvalue weighted by Gasteiger charge is 2.26. The highest BCUT2D eigenvalue weighted by Crippen LogP contribution is 2.47. The van der Waals surface area contributed by atoms with Crippen LogP contribution in [0.5, 0.6) is 0 Å². The average Bonchev–Trinajstić information content (AvgIpc) is 3.70. The maximum atomic E-state index is 2.40. The van der Waals surface area contributed by atoms with Crippen LogP contribution >= 0.6 is 0 Å². The summed E-state index contributed by atoms with van der Waals surface area (Å²) in [6.45, 7) is 4.49. The van der Waals surface area contributed by atoms with Crippen molar-refractivity contribution in [2.75, 3.05) is 4.90 Å². The van der Waals surface area contributed by atoms with Crippen LogP contribution in [0.2, 0.25) is 0 Å². The lowest BCUT2D eigenvalue weighted by Crippen LogP contribution is -2.10. The van der Waals surface area contributed by atoms with E-state index in [-0.39, 0.29) is 0 Å². The predicted molar refractivity (Wildman–Crippen MR) is 224 cm³/mol. The molecule has 8 aromatic carbocycles. The van der Waals surface area contributed by atoms with Gasteiger partial charge in [0.25, 0.3) is 0 Å². The summed E-state index contributed by atoms with van der Waals surface area (Å²) in [5.41, 5.74) is 18.6. The van der Waals surface area contributed by atoms with Crippen molar-refractivity contribution in [3.8, 4) is 39.1 Å². The molecule has 0 fully saturated rings. The van der Waals surface area contributed by atoms with Gasteiger partial charge in [-0.3, -0.25) is 0 Å². The van der Waals surface area contributed by atoms with E-state index in [0.717, 1.165) is 17.1 Å². The average molecular weight is 679 g/mol. The van der Waals surface area contributed by atoms with Crippen molar-refractivity contribution in [2.45, 2.75) is 19.8 Å². The Morgan fingerprint density at radius 3 is 1.79 bits per heavy atom. The molecule has 53 heavy (non-hydrogen) atoms. The fraction of sp³-hybridized carbons (Fsp3) is 0.0588. The lowest BCUT2D eigenvalue weighted by Gasteiger charge is -2.27. The van der Waals surface area contributed by atoms with E-state index in [1.807, 2.05) is 0 Å². The molecule has 1 aliphatic rings. The van der Waals surface area contributed by atoms with Crippen LogP contribution in [0.4, 0.5) is 17.1 Å². The van der Waals surface area contributed by atoms with Crippen LogP contribution in [0.1, 0.15) is 29.5 Å². The fourth-order valence-electron chi connectivity index (χ4n) is 8.46. The maximum absolute atomic E-state index is 2.40. The Balaban J connectivity index is 1.06. The van der Waals surface area contributed by atoms with E-state index in [2.05, 4.69) is 211 Å². The second-order valence-electron chi connectivity index (χ2n) is 14.3. The number of aryl methyl sites for hydroxylation is 1. The first kappa shape index (κ1) is 31.1. The minimum Gasteiger partial charge on any atom is -0.310 e. The second kappa shape index (κ2) is 12.5. The van der Waals surface area contributed by atoms with Crippen molar-refractivity contribution in [3.63, 3.8) is 0 Å². The van der Waals surface area contributed by atoms with Gasteiger partial charge in [0.2, 0.25) is 0 Å². The van der Waals surface area contributed by atoms with Crippen molar-refractivity contribution in [1.82, 2.24) is 4.57 Å². The molecule has 1 aromatic heterocycles. The highest BCUT2D eigenvalue weighted by atomic mass is 15.1. The lowest BCUT2D eigenvalue weighted by molar-refractivity contribution is 0.956. The van der Waals surface area contributed by atoms with E-state index < -0.39 is 0 Å². The van der Waals surface area contributed by atoms with E-state index in [1.165, 1.54) is 77.6 Å². The van der Waals surface area contributed by atoms with Crippen molar-refractivity contribution in [2.24, 2.45) is 0 Å². The number of para-hydroxylation sites is 1. The molecule has 0 N–H and O–H groups in total. The zero-order chi connectivity index (χ0) is 35.5. The van der Waals surface area contributed by atoms with Gasteiger partial charge in [-0.25, -0.2) is 0 Å². The van der Waals surface area contributed by atoms with Crippen molar-refractivity contribution in [3.05, 3.63) is 205 Å². The Bertz CT molecular complexity index is 2790. The van der Waals surface area contributed by atoms with E-state index in [1.54, 1.807) is 0 Å². The Hall–Kier alpha value is -6.64. The van der Waals surface area contributed by atoms with Crippen LogP contribution in [0, 0.1) is 6.92 Å². The van der Waals surface area contributed by atoms with Gasteiger partial charge >= 0.3 is 0 Å². The molecule has 1 aliphatic carbocycles. The van der Waals surface area contributed by atoms with Gasteiger partial charge in [-0.2, -0.15) is 0 Å². The van der Waals surface area contributed by atoms with E-state index in [4.69, 9.17) is 0 Å². The maximum Gasteiger partial charge on any atom is 0.0541 e. The summed E-state index contributed by atoms with van der Waals surface area (Å²) in [6, 6.07) is 68.9. The molecule has 0 spiro atoms. The highest BCUT2D eigenvalue weighted by molar-refractivity contribution is 6.10. The molecule has 0 saturated heterocycles. The number of hydrogen-bond acceptors (Lipinski definition) is 1. The predicted octanol–water partition coefficient (Wildman–Crippen LogP) is 14.0. The largest absolute Gasteiger partial charge is 0.310 e. The summed E-state index contributed by atoms with van der Waals surface area (Å²) >= 11 is 0. The number of aromatic nitrogens is 1. The lowest BCUT2D eigenvalue weighted by atomic mass is 9.98. The van der Waals surface area contributed by atoms with Crippen molar-refractivity contribution in [1.29, 1.82) is 0 Å². The first-order chi connectivity index (χ1) is 26.1. The summed E-state index contributed by atoms with van der Waals surface area (Å²) in [5, 5.41) is 2.53. The van der Waals surface area contributed by atoms with Crippen LogP contribution in [-0.2, 0) is 0 Å². The Morgan fingerprint density at radius 1 is 0.415 bits per heavy atom. The molecule has 0 amide bonds. The van der Waals surface area contributed by atoms with Crippen LogP contribution in [0.15, 0.2) is 188 Å². The normalized spacial score (nSPS) is 13.3. The molecule has 0 bridgehead atoms. The smallest absolute Gasteiger partial charge is 0.0541 e. The zero-order valence-electron chi connectivity index (χ0n) is 29.9. The first-order valence-electron chi connectivity index (χ1n) is 18.5. The molecule has 0 saturated carbocycles. The number of benzene rings is 8. The zero-order valence-corrected chi connectivity index (χ0v) is 29.9. The third kappa shape index (κ3) is 5.26. The Kier molecular flexibility index (Phi) is 7.37. The standard InChI is InChI=1S/C51H38N2/c1-34-11-10-14-42(31-34)53-50-18-9-8-17-47(50)49-32-39(23-30-51(49)53)38-21-26-41(27-22-38)52(40-24-19-37(20-25-40)36-12-4-3-5-13-36)43-28-29-46-45-16-7-6-15-44(45)35(2)48(46)33-43/h3-33,35H,1-2H3. The number of hydrogen-bond donors (Lipinski definition) is 0. The van der Waals surface area contributed by atoms with Gasteiger partial charge in [-0.15, -0.1) is 0 Å². The van der Waals surface area contributed by atoms with Gasteiger partial charge in [0.15, 0.2) is 0 Å². The molecule has 1 unspecified atom stereocenters. The van der Waals surface area contributed by atoms with Gasteiger partial charge < -0.3 is 9.47 Å².